The molecule has 0 atom stereocenters. The average Bonchev–Trinajstić information content (AvgIpc) is 2.66. The Labute approximate surface area is 112 Å². The van der Waals surface area contributed by atoms with E-state index in [-0.39, 0.29) is 5.82 Å². The van der Waals surface area contributed by atoms with Gasteiger partial charge in [0.25, 0.3) is 0 Å². The first-order chi connectivity index (χ1) is 9.02. The summed E-state index contributed by atoms with van der Waals surface area (Å²) in [6.07, 6.45) is 0. The zero-order chi connectivity index (χ0) is 14.0. The highest BCUT2D eigenvalue weighted by Crippen LogP contribution is 2.30. The van der Waals surface area contributed by atoms with E-state index in [9.17, 15) is 4.39 Å². The number of methoxy groups -OCH3 is 1. The van der Waals surface area contributed by atoms with Gasteiger partial charge in [0.1, 0.15) is 17.2 Å². The van der Waals surface area contributed by atoms with Gasteiger partial charge in [-0.05, 0) is 24.6 Å². The second-order valence-corrected chi connectivity index (χ2v) is 5.07. The second-order valence-electron chi connectivity index (χ2n) is 5.07. The Kier molecular flexibility index (Phi) is 4.22. The van der Waals surface area contributed by atoms with E-state index in [1.54, 1.807) is 7.11 Å². The molecule has 4 heteroatoms. The first kappa shape index (κ1) is 14.0. The molecule has 0 spiro atoms. The maximum Gasteiger partial charge on any atom is 0.137 e. The molecule has 2 rings (SSSR count). The maximum absolute atomic E-state index is 13.5. The largest absolute Gasteiger partial charge is 0.459 e. The lowest BCUT2D eigenvalue weighted by atomic mass is 10.1. The number of benzene rings is 1. The fourth-order valence-electron chi connectivity index (χ4n) is 2.17. The van der Waals surface area contributed by atoms with Gasteiger partial charge in [-0.2, -0.15) is 0 Å². The van der Waals surface area contributed by atoms with Crippen LogP contribution in [-0.4, -0.2) is 13.2 Å². The predicted octanol–water partition coefficient (Wildman–Crippen LogP) is 3.52. The normalized spacial score (nSPS) is 11.7. The van der Waals surface area contributed by atoms with Gasteiger partial charge >= 0.3 is 0 Å². The van der Waals surface area contributed by atoms with E-state index in [1.165, 1.54) is 12.1 Å². The van der Waals surface area contributed by atoms with Crippen molar-refractivity contribution in [3.63, 3.8) is 0 Å². The number of hydrogen-bond acceptors (Lipinski definition) is 3. The predicted molar refractivity (Wildman–Crippen MR) is 73.6 cm³/mol. The Morgan fingerprint density at radius 3 is 2.74 bits per heavy atom. The molecule has 1 aromatic carbocycles. The topological polar surface area (TPSA) is 34.4 Å². The molecule has 1 N–H and O–H groups in total. The van der Waals surface area contributed by atoms with Crippen LogP contribution in [0.1, 0.15) is 30.7 Å². The molecule has 0 radical (unpaired) electrons. The van der Waals surface area contributed by atoms with Crippen molar-refractivity contribution >= 4 is 11.0 Å². The van der Waals surface area contributed by atoms with Gasteiger partial charge in [-0.1, -0.05) is 13.8 Å². The van der Waals surface area contributed by atoms with Crippen molar-refractivity contribution in [1.29, 1.82) is 0 Å². The number of furan rings is 1. The summed E-state index contributed by atoms with van der Waals surface area (Å²) in [6, 6.07) is 3.36. The van der Waals surface area contributed by atoms with Gasteiger partial charge in [0.15, 0.2) is 0 Å². The van der Waals surface area contributed by atoms with Crippen molar-refractivity contribution in [2.24, 2.45) is 0 Å². The fourth-order valence-corrected chi connectivity index (χ4v) is 2.17. The van der Waals surface area contributed by atoms with E-state index >= 15 is 0 Å². The minimum absolute atomic E-state index is 0.244. The highest BCUT2D eigenvalue weighted by atomic mass is 19.1. The minimum Gasteiger partial charge on any atom is -0.459 e. The first-order valence-corrected chi connectivity index (χ1v) is 6.45. The first-order valence-electron chi connectivity index (χ1n) is 6.45. The molecule has 0 aliphatic carbocycles. The van der Waals surface area contributed by atoms with Gasteiger partial charge in [0.05, 0.1) is 13.2 Å². The third-order valence-electron chi connectivity index (χ3n) is 3.09. The third-order valence-corrected chi connectivity index (χ3v) is 3.09. The molecule has 0 fully saturated rings. The third kappa shape index (κ3) is 2.96. The quantitative estimate of drug-likeness (QED) is 0.898. The highest BCUT2D eigenvalue weighted by Gasteiger charge is 2.16. The van der Waals surface area contributed by atoms with E-state index in [4.69, 9.17) is 9.15 Å². The standard InChI is InChI=1S/C15H20FNO2/c1-9(2)17-7-14-13(8-18-4)12-6-11(16)5-10(3)15(12)19-14/h5-6,9,17H,7-8H2,1-4H3. The molecular weight excluding hydrogens is 245 g/mol. The summed E-state index contributed by atoms with van der Waals surface area (Å²) in [5.74, 6) is 0.575. The van der Waals surface area contributed by atoms with Crippen LogP contribution in [0.5, 0.6) is 0 Å². The summed E-state index contributed by atoms with van der Waals surface area (Å²) < 4.78 is 24.6. The van der Waals surface area contributed by atoms with Gasteiger partial charge in [0.2, 0.25) is 0 Å². The molecule has 1 aromatic heterocycles. The van der Waals surface area contributed by atoms with Crippen LogP contribution in [0.4, 0.5) is 4.39 Å². The molecule has 3 nitrogen and oxygen atoms in total. The average molecular weight is 265 g/mol. The lowest BCUT2D eigenvalue weighted by Crippen LogP contribution is -2.22. The molecule has 0 saturated carbocycles. The molecular formula is C15H20FNO2. The number of fused-ring (bicyclic) bond motifs is 1. The van der Waals surface area contributed by atoms with Gasteiger partial charge < -0.3 is 14.5 Å². The number of halogens is 1. The summed E-state index contributed by atoms with van der Waals surface area (Å²) in [7, 11) is 1.63. The van der Waals surface area contributed by atoms with Gasteiger partial charge in [-0.3, -0.25) is 0 Å². The molecule has 1 heterocycles. The molecule has 0 aliphatic heterocycles. The van der Waals surface area contributed by atoms with Crippen LogP contribution in [0, 0.1) is 12.7 Å². The van der Waals surface area contributed by atoms with Crippen LogP contribution in [0.25, 0.3) is 11.0 Å². The Balaban J connectivity index is 2.50. The van der Waals surface area contributed by atoms with Crippen LogP contribution in [-0.2, 0) is 17.9 Å². The lowest BCUT2D eigenvalue weighted by molar-refractivity contribution is 0.183. The minimum atomic E-state index is -0.244. The SMILES string of the molecule is COCc1c(CNC(C)C)oc2c(C)cc(F)cc12. The Morgan fingerprint density at radius 2 is 2.11 bits per heavy atom. The highest BCUT2D eigenvalue weighted by molar-refractivity contribution is 5.85. The van der Waals surface area contributed by atoms with E-state index in [1.807, 2.05) is 6.92 Å². The summed E-state index contributed by atoms with van der Waals surface area (Å²) in [5, 5.41) is 4.12. The van der Waals surface area contributed by atoms with Crippen molar-refractivity contribution in [3.05, 3.63) is 34.8 Å². The van der Waals surface area contributed by atoms with Gasteiger partial charge in [-0.15, -0.1) is 0 Å². The monoisotopic (exact) mass is 265 g/mol. The molecule has 0 unspecified atom stereocenters. The van der Waals surface area contributed by atoms with E-state index in [0.29, 0.717) is 19.2 Å². The zero-order valence-corrected chi connectivity index (χ0v) is 11.8. The smallest absolute Gasteiger partial charge is 0.137 e. The molecule has 19 heavy (non-hydrogen) atoms. The number of hydrogen-bond donors (Lipinski definition) is 1. The van der Waals surface area contributed by atoms with E-state index < -0.39 is 0 Å². The number of nitrogens with one attached hydrogen (secondary N) is 1. The van der Waals surface area contributed by atoms with Crippen LogP contribution in [0.2, 0.25) is 0 Å². The van der Waals surface area contributed by atoms with Crippen molar-refractivity contribution in [2.45, 2.75) is 40.0 Å². The molecule has 0 aliphatic rings. The fraction of sp³-hybridized carbons (Fsp3) is 0.467. The maximum atomic E-state index is 13.5. The molecule has 2 aromatic rings. The second kappa shape index (κ2) is 5.72. The zero-order valence-electron chi connectivity index (χ0n) is 11.8. The summed E-state index contributed by atoms with van der Waals surface area (Å²) in [4.78, 5) is 0. The summed E-state index contributed by atoms with van der Waals surface area (Å²) in [5.41, 5.74) is 2.48. The van der Waals surface area contributed by atoms with Crippen molar-refractivity contribution < 1.29 is 13.5 Å². The lowest BCUT2D eigenvalue weighted by Gasteiger charge is -2.07. The van der Waals surface area contributed by atoms with Gasteiger partial charge in [-0.25, -0.2) is 4.39 Å². The number of ether oxygens (including phenoxy) is 1. The van der Waals surface area contributed by atoms with Crippen LogP contribution < -0.4 is 5.32 Å². The Hall–Kier alpha value is -1.39. The number of aryl methyl sites for hydroxylation is 1. The Bertz CT molecular complexity index is 575. The van der Waals surface area contributed by atoms with Gasteiger partial charge in [0, 0.05) is 24.1 Å². The molecule has 0 amide bonds. The summed E-state index contributed by atoms with van der Waals surface area (Å²) in [6.45, 7) is 7.04. The van der Waals surface area contributed by atoms with E-state index in [2.05, 4.69) is 19.2 Å². The van der Waals surface area contributed by atoms with E-state index in [0.717, 1.165) is 27.9 Å². The molecule has 104 valence electrons. The molecule has 0 bridgehead atoms. The summed E-state index contributed by atoms with van der Waals surface area (Å²) >= 11 is 0. The van der Waals surface area contributed by atoms with Crippen LogP contribution >= 0.6 is 0 Å². The van der Waals surface area contributed by atoms with Crippen molar-refractivity contribution in [3.8, 4) is 0 Å². The number of rotatable bonds is 5. The molecule has 0 saturated heterocycles. The van der Waals surface area contributed by atoms with Crippen LogP contribution in [0.15, 0.2) is 16.5 Å². The Morgan fingerprint density at radius 1 is 1.37 bits per heavy atom. The van der Waals surface area contributed by atoms with Crippen molar-refractivity contribution in [1.82, 2.24) is 5.32 Å². The van der Waals surface area contributed by atoms with Crippen LogP contribution in [0.3, 0.4) is 0 Å². The van der Waals surface area contributed by atoms with Crippen molar-refractivity contribution in [2.75, 3.05) is 7.11 Å².